The van der Waals surface area contributed by atoms with Crippen molar-refractivity contribution < 1.29 is 0 Å². The van der Waals surface area contributed by atoms with E-state index in [0.29, 0.717) is 0 Å². The van der Waals surface area contributed by atoms with E-state index in [1.54, 1.807) is 12.3 Å². The van der Waals surface area contributed by atoms with Crippen LogP contribution in [0, 0.1) is 11.3 Å². The number of aromatic nitrogens is 1. The maximum absolute atomic E-state index is 8.39. The Labute approximate surface area is 82.1 Å². The van der Waals surface area contributed by atoms with E-state index in [1.807, 2.05) is 36.4 Å². The van der Waals surface area contributed by atoms with E-state index < -0.39 is 0 Å². The number of nitriles is 1. The van der Waals surface area contributed by atoms with Gasteiger partial charge in [-0.2, -0.15) is 5.26 Å². The molecule has 2 nitrogen and oxygen atoms in total. The quantitative estimate of drug-likeness (QED) is 0.633. The van der Waals surface area contributed by atoms with E-state index in [9.17, 15) is 0 Å². The van der Waals surface area contributed by atoms with Crippen LogP contribution in [0.25, 0.3) is 17.0 Å². The number of rotatable bonds is 1. The van der Waals surface area contributed by atoms with Gasteiger partial charge in [-0.15, -0.1) is 0 Å². The largest absolute Gasteiger partial charge is 0.256 e. The molecule has 1 aromatic carbocycles. The first kappa shape index (κ1) is 8.46. The second kappa shape index (κ2) is 3.71. The lowest BCUT2D eigenvalue weighted by atomic mass is 10.1. The summed E-state index contributed by atoms with van der Waals surface area (Å²) in [5.41, 5.74) is 1.95. The summed E-state index contributed by atoms with van der Waals surface area (Å²) in [5.74, 6) is 0. The second-order valence-corrected chi connectivity index (χ2v) is 2.92. The van der Waals surface area contributed by atoms with Gasteiger partial charge in [0.05, 0.1) is 11.6 Å². The Hall–Kier alpha value is -2.14. The van der Waals surface area contributed by atoms with Gasteiger partial charge in [0.1, 0.15) is 0 Å². The highest BCUT2D eigenvalue weighted by molar-refractivity contribution is 5.80. The summed E-state index contributed by atoms with van der Waals surface area (Å²) < 4.78 is 0. The van der Waals surface area contributed by atoms with Crippen LogP contribution in [-0.4, -0.2) is 4.98 Å². The molecule has 0 saturated heterocycles. The fraction of sp³-hybridized carbons (Fsp3) is 0. The lowest BCUT2D eigenvalue weighted by Crippen LogP contribution is -1.78. The maximum atomic E-state index is 8.39. The standard InChI is InChI=1S/C12H8N2/c13-7-1-3-10-5-6-11-4-2-8-14-12(11)9-10/h1-6,8-9H/b3-1+. The van der Waals surface area contributed by atoms with Crippen LogP contribution < -0.4 is 0 Å². The third-order valence-corrected chi connectivity index (χ3v) is 1.98. The van der Waals surface area contributed by atoms with Crippen molar-refractivity contribution in [3.63, 3.8) is 0 Å². The van der Waals surface area contributed by atoms with Crippen molar-refractivity contribution in [1.82, 2.24) is 4.98 Å². The van der Waals surface area contributed by atoms with Gasteiger partial charge in [-0.3, -0.25) is 4.98 Å². The summed E-state index contributed by atoms with van der Waals surface area (Å²) in [7, 11) is 0. The van der Waals surface area contributed by atoms with Crippen LogP contribution in [0.4, 0.5) is 0 Å². The lowest BCUT2D eigenvalue weighted by Gasteiger charge is -1.97. The van der Waals surface area contributed by atoms with Gasteiger partial charge < -0.3 is 0 Å². The van der Waals surface area contributed by atoms with Crippen LogP contribution in [0.5, 0.6) is 0 Å². The first-order valence-corrected chi connectivity index (χ1v) is 4.31. The predicted molar refractivity (Wildman–Crippen MR) is 56.4 cm³/mol. The van der Waals surface area contributed by atoms with Crippen molar-refractivity contribution in [2.24, 2.45) is 0 Å². The highest BCUT2D eigenvalue weighted by Crippen LogP contribution is 2.13. The molecule has 2 rings (SSSR count). The Bertz CT molecular complexity index is 521. The lowest BCUT2D eigenvalue weighted by molar-refractivity contribution is 1.41. The summed E-state index contributed by atoms with van der Waals surface area (Å²) in [5, 5.41) is 9.50. The Kier molecular flexibility index (Phi) is 2.24. The molecule has 0 unspecified atom stereocenters. The third kappa shape index (κ3) is 1.62. The Balaban J connectivity index is 2.52. The number of pyridine rings is 1. The normalized spacial score (nSPS) is 10.5. The van der Waals surface area contributed by atoms with Crippen LogP contribution in [0.1, 0.15) is 5.56 Å². The van der Waals surface area contributed by atoms with E-state index in [1.165, 1.54) is 6.08 Å². The van der Waals surface area contributed by atoms with Crippen LogP contribution in [-0.2, 0) is 0 Å². The Morgan fingerprint density at radius 1 is 1.29 bits per heavy atom. The van der Waals surface area contributed by atoms with Gasteiger partial charge in [-0.1, -0.05) is 18.2 Å². The number of hydrogen-bond donors (Lipinski definition) is 0. The molecule has 0 aliphatic rings. The van der Waals surface area contributed by atoms with Crippen LogP contribution in [0.3, 0.4) is 0 Å². The molecule has 14 heavy (non-hydrogen) atoms. The molecule has 0 amide bonds. The highest BCUT2D eigenvalue weighted by Gasteiger charge is 1.93. The summed E-state index contributed by atoms with van der Waals surface area (Å²) in [6.45, 7) is 0. The van der Waals surface area contributed by atoms with Crippen molar-refractivity contribution >= 4 is 17.0 Å². The second-order valence-electron chi connectivity index (χ2n) is 2.92. The molecule has 0 saturated carbocycles. The van der Waals surface area contributed by atoms with E-state index in [4.69, 9.17) is 5.26 Å². The molecule has 0 N–H and O–H groups in total. The average molecular weight is 180 g/mol. The monoisotopic (exact) mass is 180 g/mol. The van der Waals surface area contributed by atoms with E-state index in [2.05, 4.69) is 4.98 Å². The fourth-order valence-corrected chi connectivity index (χ4v) is 1.32. The zero-order valence-electron chi connectivity index (χ0n) is 7.51. The zero-order chi connectivity index (χ0) is 9.80. The molecule has 66 valence electrons. The predicted octanol–water partition coefficient (Wildman–Crippen LogP) is 2.77. The van der Waals surface area contributed by atoms with Gasteiger partial charge in [0.15, 0.2) is 0 Å². The molecule has 0 spiro atoms. The first-order chi connectivity index (χ1) is 6.90. The zero-order valence-corrected chi connectivity index (χ0v) is 7.51. The van der Waals surface area contributed by atoms with E-state index in [0.717, 1.165) is 16.5 Å². The van der Waals surface area contributed by atoms with Gasteiger partial charge in [0.2, 0.25) is 0 Å². The van der Waals surface area contributed by atoms with Crippen LogP contribution >= 0.6 is 0 Å². The van der Waals surface area contributed by atoms with Crippen molar-refractivity contribution in [3.05, 3.63) is 48.2 Å². The fourth-order valence-electron chi connectivity index (χ4n) is 1.32. The summed E-state index contributed by atoms with van der Waals surface area (Å²) in [4.78, 5) is 4.23. The molecule has 2 aromatic rings. The van der Waals surface area contributed by atoms with Crippen LogP contribution in [0.2, 0.25) is 0 Å². The minimum Gasteiger partial charge on any atom is -0.256 e. The minimum absolute atomic E-state index is 0.951. The molecular weight excluding hydrogens is 172 g/mol. The topological polar surface area (TPSA) is 36.7 Å². The first-order valence-electron chi connectivity index (χ1n) is 4.31. The van der Waals surface area contributed by atoms with E-state index >= 15 is 0 Å². The van der Waals surface area contributed by atoms with Crippen molar-refractivity contribution in [3.8, 4) is 6.07 Å². The maximum Gasteiger partial charge on any atom is 0.0912 e. The van der Waals surface area contributed by atoms with Gasteiger partial charge >= 0.3 is 0 Å². The molecule has 0 bridgehead atoms. The molecule has 1 aromatic heterocycles. The molecule has 0 atom stereocenters. The van der Waals surface area contributed by atoms with Gasteiger partial charge in [-0.05, 0) is 23.8 Å². The summed E-state index contributed by atoms with van der Waals surface area (Å²) in [6.07, 6.45) is 5.00. The van der Waals surface area contributed by atoms with Crippen LogP contribution in [0.15, 0.2) is 42.6 Å². The molecule has 0 radical (unpaired) electrons. The number of hydrogen-bond acceptors (Lipinski definition) is 2. The van der Waals surface area contributed by atoms with Crippen molar-refractivity contribution in [1.29, 1.82) is 5.26 Å². The molecule has 0 aliphatic heterocycles. The van der Waals surface area contributed by atoms with Crippen molar-refractivity contribution in [2.45, 2.75) is 0 Å². The molecule has 1 heterocycles. The van der Waals surface area contributed by atoms with E-state index in [-0.39, 0.29) is 0 Å². The molecular formula is C12H8N2. The number of allylic oxidation sites excluding steroid dienone is 1. The van der Waals surface area contributed by atoms with Gasteiger partial charge in [0, 0.05) is 17.7 Å². The molecule has 2 heteroatoms. The van der Waals surface area contributed by atoms with Gasteiger partial charge in [0.25, 0.3) is 0 Å². The van der Waals surface area contributed by atoms with Gasteiger partial charge in [-0.25, -0.2) is 0 Å². The summed E-state index contributed by atoms with van der Waals surface area (Å²) >= 11 is 0. The number of fused-ring (bicyclic) bond motifs is 1. The third-order valence-electron chi connectivity index (χ3n) is 1.98. The summed E-state index contributed by atoms with van der Waals surface area (Å²) in [6, 6.07) is 11.8. The number of nitrogens with zero attached hydrogens (tertiary/aromatic N) is 2. The molecule has 0 fully saturated rings. The van der Waals surface area contributed by atoms with Crippen molar-refractivity contribution in [2.75, 3.05) is 0 Å². The smallest absolute Gasteiger partial charge is 0.0912 e. The average Bonchev–Trinajstić information content (AvgIpc) is 2.26. The Morgan fingerprint density at radius 2 is 2.21 bits per heavy atom. The SMILES string of the molecule is N#C/C=C/c1ccc2cccnc2c1. The minimum atomic E-state index is 0.951. The Morgan fingerprint density at radius 3 is 3.07 bits per heavy atom. The highest BCUT2D eigenvalue weighted by atomic mass is 14.6. The number of benzene rings is 1. The molecule has 0 aliphatic carbocycles.